The van der Waals surface area contributed by atoms with E-state index in [1.807, 2.05) is 0 Å². The standard InChI is InChI=1S/C24H15Cl2NO6/c25-14-2-1-3-15(10-14)27-21(12-4-6-17(28)16(26)8-12)20(23(30)24(27)31)22(29)13-5-7-18-19(9-13)33-11-32-18/h1-10,21,28-29H,11H2/b22-20-. The molecule has 0 bridgehead atoms. The fraction of sp³-hybridized carbons (Fsp3) is 0.0833. The summed E-state index contributed by atoms with van der Waals surface area (Å²) in [5.74, 6) is -1.34. The molecule has 1 fully saturated rings. The molecule has 0 aromatic heterocycles. The molecule has 1 atom stereocenters. The van der Waals surface area contributed by atoms with E-state index in [2.05, 4.69) is 0 Å². The average Bonchev–Trinajstić information content (AvgIpc) is 3.37. The summed E-state index contributed by atoms with van der Waals surface area (Å²) in [5, 5.41) is 21.5. The second-order valence-electron chi connectivity index (χ2n) is 7.43. The number of rotatable bonds is 3. The van der Waals surface area contributed by atoms with Gasteiger partial charge in [-0.25, -0.2) is 0 Å². The summed E-state index contributed by atoms with van der Waals surface area (Å²) in [5.41, 5.74) is 0.918. The monoisotopic (exact) mass is 483 g/mol. The van der Waals surface area contributed by atoms with E-state index in [0.29, 0.717) is 27.8 Å². The van der Waals surface area contributed by atoms with Crippen LogP contribution in [0, 0.1) is 0 Å². The van der Waals surface area contributed by atoms with Crippen LogP contribution in [0.2, 0.25) is 10.0 Å². The Hall–Kier alpha value is -3.68. The van der Waals surface area contributed by atoms with Gasteiger partial charge in [0.25, 0.3) is 11.7 Å². The summed E-state index contributed by atoms with van der Waals surface area (Å²) in [6, 6.07) is 14.5. The maximum absolute atomic E-state index is 13.2. The molecule has 1 amide bonds. The molecule has 2 N–H and O–H groups in total. The average molecular weight is 484 g/mol. The van der Waals surface area contributed by atoms with E-state index < -0.39 is 17.7 Å². The van der Waals surface area contributed by atoms with Gasteiger partial charge in [0.2, 0.25) is 6.79 Å². The van der Waals surface area contributed by atoms with E-state index >= 15 is 0 Å². The van der Waals surface area contributed by atoms with Gasteiger partial charge in [-0.05, 0) is 54.1 Å². The highest BCUT2D eigenvalue weighted by Crippen LogP contribution is 2.44. The van der Waals surface area contributed by atoms with Gasteiger partial charge in [0, 0.05) is 16.3 Å². The van der Waals surface area contributed by atoms with E-state index in [1.165, 1.54) is 29.2 Å². The van der Waals surface area contributed by atoms with Crippen molar-refractivity contribution in [2.75, 3.05) is 11.7 Å². The minimum absolute atomic E-state index is 0.0345. The number of aliphatic hydroxyl groups excluding tert-OH is 1. The van der Waals surface area contributed by atoms with E-state index in [-0.39, 0.29) is 34.5 Å². The van der Waals surface area contributed by atoms with Gasteiger partial charge in [0.15, 0.2) is 11.5 Å². The molecule has 5 rings (SSSR count). The van der Waals surface area contributed by atoms with Crippen molar-refractivity contribution in [3.63, 3.8) is 0 Å². The van der Waals surface area contributed by atoms with Gasteiger partial charge in [-0.3, -0.25) is 14.5 Å². The van der Waals surface area contributed by atoms with Crippen molar-refractivity contribution < 1.29 is 29.3 Å². The van der Waals surface area contributed by atoms with E-state index in [9.17, 15) is 19.8 Å². The second kappa shape index (κ2) is 8.03. The van der Waals surface area contributed by atoms with Crippen molar-refractivity contribution in [2.45, 2.75) is 6.04 Å². The van der Waals surface area contributed by atoms with Crippen LogP contribution < -0.4 is 14.4 Å². The molecule has 9 heteroatoms. The molecular weight excluding hydrogens is 469 g/mol. The minimum Gasteiger partial charge on any atom is -0.507 e. The van der Waals surface area contributed by atoms with Gasteiger partial charge in [-0.1, -0.05) is 35.3 Å². The highest BCUT2D eigenvalue weighted by Gasteiger charge is 2.47. The zero-order valence-corrected chi connectivity index (χ0v) is 18.3. The first-order valence-corrected chi connectivity index (χ1v) is 10.6. The van der Waals surface area contributed by atoms with Gasteiger partial charge < -0.3 is 19.7 Å². The molecule has 1 unspecified atom stereocenters. The number of nitrogens with zero attached hydrogens (tertiary/aromatic N) is 1. The first-order chi connectivity index (χ1) is 15.8. The number of aromatic hydroxyl groups is 1. The minimum atomic E-state index is -1.02. The summed E-state index contributed by atoms with van der Waals surface area (Å²) in [6.07, 6.45) is 0. The van der Waals surface area contributed by atoms with Crippen molar-refractivity contribution in [1.82, 2.24) is 0 Å². The number of aliphatic hydroxyl groups is 1. The summed E-state index contributed by atoms with van der Waals surface area (Å²) < 4.78 is 10.7. The third-order valence-electron chi connectivity index (χ3n) is 5.46. The normalized spacial score (nSPS) is 18.7. The number of carbonyl (C=O) groups is 2. The Morgan fingerprint density at radius 1 is 0.970 bits per heavy atom. The van der Waals surface area contributed by atoms with Crippen LogP contribution >= 0.6 is 23.2 Å². The molecule has 0 spiro atoms. The number of anilines is 1. The predicted octanol–water partition coefficient (Wildman–Crippen LogP) is 5.05. The van der Waals surface area contributed by atoms with Gasteiger partial charge in [0.05, 0.1) is 16.6 Å². The van der Waals surface area contributed by atoms with Crippen molar-refractivity contribution in [2.24, 2.45) is 0 Å². The smallest absolute Gasteiger partial charge is 0.300 e. The Kier molecular flexibility index (Phi) is 5.15. The molecule has 0 saturated carbocycles. The lowest BCUT2D eigenvalue weighted by molar-refractivity contribution is -0.132. The number of hydrogen-bond donors (Lipinski definition) is 2. The van der Waals surface area contributed by atoms with Gasteiger partial charge >= 0.3 is 0 Å². The highest BCUT2D eigenvalue weighted by molar-refractivity contribution is 6.52. The Morgan fingerprint density at radius 2 is 1.76 bits per heavy atom. The van der Waals surface area contributed by atoms with Crippen molar-refractivity contribution in [1.29, 1.82) is 0 Å². The lowest BCUT2D eigenvalue weighted by Crippen LogP contribution is -2.29. The number of amides is 1. The second-order valence-corrected chi connectivity index (χ2v) is 8.27. The van der Waals surface area contributed by atoms with E-state index in [0.717, 1.165) is 0 Å². The number of fused-ring (bicyclic) bond motifs is 1. The lowest BCUT2D eigenvalue weighted by atomic mass is 9.95. The zero-order valence-electron chi connectivity index (χ0n) is 16.8. The van der Waals surface area contributed by atoms with Gasteiger partial charge in [-0.15, -0.1) is 0 Å². The van der Waals surface area contributed by atoms with E-state index in [4.69, 9.17) is 32.7 Å². The molecule has 7 nitrogen and oxygen atoms in total. The number of Topliss-reactive ketones (excluding diaryl/α,β-unsaturated/α-hetero) is 1. The number of phenols is 1. The third-order valence-corrected chi connectivity index (χ3v) is 6.00. The first-order valence-electron chi connectivity index (χ1n) is 9.80. The van der Waals surface area contributed by atoms with Crippen LogP contribution in [0.5, 0.6) is 17.2 Å². The number of hydrogen-bond acceptors (Lipinski definition) is 6. The van der Waals surface area contributed by atoms with Crippen LogP contribution in [0.3, 0.4) is 0 Å². The molecule has 1 saturated heterocycles. The molecule has 3 aromatic rings. The fourth-order valence-corrected chi connectivity index (χ4v) is 4.31. The summed E-state index contributed by atoms with van der Waals surface area (Å²) in [7, 11) is 0. The van der Waals surface area contributed by atoms with Crippen LogP contribution in [-0.4, -0.2) is 28.7 Å². The fourth-order valence-electron chi connectivity index (χ4n) is 3.93. The predicted molar refractivity (Wildman–Crippen MR) is 122 cm³/mol. The summed E-state index contributed by atoms with van der Waals surface area (Å²) in [6.45, 7) is 0.0463. The zero-order chi connectivity index (χ0) is 23.3. The van der Waals surface area contributed by atoms with Crippen molar-refractivity contribution >= 4 is 46.3 Å². The number of benzene rings is 3. The highest BCUT2D eigenvalue weighted by atomic mass is 35.5. The topological polar surface area (TPSA) is 96.3 Å². The molecular formula is C24H15Cl2NO6. The molecule has 3 aromatic carbocycles. The number of ketones is 1. The number of ether oxygens (including phenoxy) is 2. The molecule has 166 valence electrons. The summed E-state index contributed by atoms with van der Waals surface area (Å²) in [4.78, 5) is 27.6. The van der Waals surface area contributed by atoms with Gasteiger partial charge in [-0.2, -0.15) is 0 Å². The molecule has 0 aliphatic carbocycles. The van der Waals surface area contributed by atoms with Crippen LogP contribution in [0.4, 0.5) is 5.69 Å². The third kappa shape index (κ3) is 3.55. The quantitative estimate of drug-likeness (QED) is 0.307. The Balaban J connectivity index is 1.73. The molecule has 2 aliphatic heterocycles. The maximum Gasteiger partial charge on any atom is 0.300 e. The van der Waals surface area contributed by atoms with Crippen LogP contribution in [-0.2, 0) is 9.59 Å². The Morgan fingerprint density at radius 3 is 2.52 bits per heavy atom. The first kappa shape index (κ1) is 21.2. The number of phenolic OH excluding ortho intramolecular Hbond substituents is 1. The summed E-state index contributed by atoms with van der Waals surface area (Å²) >= 11 is 12.3. The van der Waals surface area contributed by atoms with Crippen LogP contribution in [0.1, 0.15) is 17.2 Å². The van der Waals surface area contributed by atoms with Crippen LogP contribution in [0.25, 0.3) is 5.76 Å². The Bertz CT molecular complexity index is 1350. The molecule has 2 aliphatic rings. The molecule has 0 radical (unpaired) electrons. The number of halogens is 2. The lowest BCUT2D eigenvalue weighted by Gasteiger charge is -2.25. The molecule has 33 heavy (non-hydrogen) atoms. The van der Waals surface area contributed by atoms with Gasteiger partial charge in [0.1, 0.15) is 11.5 Å². The van der Waals surface area contributed by atoms with E-state index in [1.54, 1.807) is 36.4 Å². The molecule has 2 heterocycles. The maximum atomic E-state index is 13.2. The van der Waals surface area contributed by atoms with Crippen molar-refractivity contribution in [3.8, 4) is 17.2 Å². The van der Waals surface area contributed by atoms with Crippen molar-refractivity contribution in [3.05, 3.63) is 87.4 Å². The van der Waals surface area contributed by atoms with Crippen LogP contribution in [0.15, 0.2) is 66.2 Å². The SMILES string of the molecule is O=C1C(=O)N(c2cccc(Cl)c2)C(c2ccc(O)c(Cl)c2)/C1=C(/O)c1ccc2c(c1)OCO2. The number of carbonyl (C=O) groups excluding carboxylic acids is 2. The largest absolute Gasteiger partial charge is 0.507 e. The Labute approximate surface area is 198 Å².